The van der Waals surface area contributed by atoms with Gasteiger partial charge in [-0.05, 0) is 56.2 Å². The highest BCUT2D eigenvalue weighted by atomic mass is 79.9. The molecule has 2 amide bonds. The second-order valence-electron chi connectivity index (χ2n) is 6.07. The van der Waals surface area contributed by atoms with Crippen molar-refractivity contribution in [2.45, 2.75) is 20.8 Å². The lowest BCUT2D eigenvalue weighted by molar-refractivity contribution is 0.257. The Labute approximate surface area is 166 Å². The molecule has 3 rings (SSSR count). The van der Waals surface area contributed by atoms with Crippen LogP contribution in [0, 0.1) is 13.8 Å². The van der Waals surface area contributed by atoms with E-state index in [9.17, 15) is 4.79 Å². The van der Waals surface area contributed by atoms with Crippen molar-refractivity contribution in [3.05, 3.63) is 63.4 Å². The Bertz CT molecular complexity index is 901. The zero-order chi connectivity index (χ0) is 18.7. The number of amides is 2. The molecule has 0 radical (unpaired) electrons. The van der Waals surface area contributed by atoms with Crippen LogP contribution in [0.2, 0.25) is 0 Å². The maximum absolute atomic E-state index is 12.7. The molecule has 2 aromatic carbocycles. The zero-order valence-corrected chi connectivity index (χ0v) is 17.3. The number of anilines is 2. The van der Waals surface area contributed by atoms with E-state index in [1.807, 2.05) is 62.5 Å². The lowest BCUT2D eigenvalue weighted by atomic mass is 10.1. The summed E-state index contributed by atoms with van der Waals surface area (Å²) in [4.78, 5) is 19.0. The normalized spacial score (nSPS) is 10.6. The van der Waals surface area contributed by atoms with Crippen LogP contribution in [0.15, 0.2) is 52.3 Å². The molecule has 0 fully saturated rings. The molecule has 4 nitrogen and oxygen atoms in total. The summed E-state index contributed by atoms with van der Waals surface area (Å²) in [7, 11) is 0. The van der Waals surface area contributed by atoms with Gasteiger partial charge < -0.3 is 5.32 Å². The van der Waals surface area contributed by atoms with Gasteiger partial charge in [0.25, 0.3) is 0 Å². The molecule has 1 heterocycles. The molecule has 0 atom stereocenters. The predicted octanol–water partition coefficient (Wildman–Crippen LogP) is 6.25. The number of nitrogens with one attached hydrogen (secondary N) is 1. The average Bonchev–Trinajstić information content (AvgIpc) is 3.05. The molecular formula is C20H20BrN3OS. The summed E-state index contributed by atoms with van der Waals surface area (Å²) in [5.41, 5.74) is 4.94. The highest BCUT2D eigenvalue weighted by Gasteiger charge is 2.18. The Morgan fingerprint density at radius 3 is 2.42 bits per heavy atom. The minimum absolute atomic E-state index is 0.172. The minimum Gasteiger partial charge on any atom is -0.307 e. The Morgan fingerprint density at radius 2 is 1.81 bits per heavy atom. The van der Waals surface area contributed by atoms with E-state index >= 15 is 0 Å². The van der Waals surface area contributed by atoms with Crippen molar-refractivity contribution in [1.29, 1.82) is 0 Å². The molecule has 0 unspecified atom stereocenters. The lowest BCUT2D eigenvalue weighted by Crippen LogP contribution is -2.34. The van der Waals surface area contributed by atoms with Gasteiger partial charge in [-0.2, -0.15) is 0 Å². The van der Waals surface area contributed by atoms with E-state index < -0.39 is 0 Å². The van der Waals surface area contributed by atoms with Crippen LogP contribution in [0.5, 0.6) is 0 Å². The van der Waals surface area contributed by atoms with Crippen LogP contribution in [0.4, 0.5) is 15.6 Å². The quantitative estimate of drug-likeness (QED) is 0.532. The monoisotopic (exact) mass is 429 g/mol. The average molecular weight is 430 g/mol. The van der Waals surface area contributed by atoms with Gasteiger partial charge in [0.15, 0.2) is 5.13 Å². The summed E-state index contributed by atoms with van der Waals surface area (Å²) in [6.07, 6.45) is 0. The molecule has 6 heteroatoms. The SMILES string of the molecule is CCN(C(=O)Nc1cc(C)cc(C)c1)c1nc(-c2ccc(Br)cc2)cs1. The fourth-order valence-corrected chi connectivity index (χ4v) is 3.91. The Balaban J connectivity index is 1.80. The molecule has 0 spiro atoms. The highest BCUT2D eigenvalue weighted by molar-refractivity contribution is 9.10. The number of hydrogen-bond donors (Lipinski definition) is 1. The lowest BCUT2D eigenvalue weighted by Gasteiger charge is -2.19. The molecule has 0 aliphatic rings. The molecule has 0 saturated heterocycles. The van der Waals surface area contributed by atoms with E-state index in [4.69, 9.17) is 0 Å². The number of carbonyl (C=O) groups is 1. The summed E-state index contributed by atoms with van der Waals surface area (Å²) < 4.78 is 1.03. The van der Waals surface area contributed by atoms with Gasteiger partial charge in [0, 0.05) is 27.6 Å². The number of rotatable bonds is 4. The summed E-state index contributed by atoms with van der Waals surface area (Å²) in [6.45, 7) is 6.53. The molecule has 1 N–H and O–H groups in total. The fourth-order valence-electron chi connectivity index (χ4n) is 2.75. The number of halogens is 1. The van der Waals surface area contributed by atoms with E-state index in [0.29, 0.717) is 11.7 Å². The van der Waals surface area contributed by atoms with Crippen molar-refractivity contribution in [2.24, 2.45) is 0 Å². The second-order valence-corrected chi connectivity index (χ2v) is 7.83. The van der Waals surface area contributed by atoms with Crippen LogP contribution in [0.3, 0.4) is 0 Å². The first kappa shape index (κ1) is 18.6. The minimum atomic E-state index is -0.172. The number of nitrogens with zero attached hydrogens (tertiary/aromatic N) is 2. The van der Waals surface area contributed by atoms with Gasteiger partial charge in [-0.1, -0.05) is 34.1 Å². The number of benzene rings is 2. The third-order valence-corrected chi connectivity index (χ3v) is 5.29. The van der Waals surface area contributed by atoms with Crippen LogP contribution in [-0.4, -0.2) is 17.6 Å². The van der Waals surface area contributed by atoms with Crippen molar-refractivity contribution in [3.63, 3.8) is 0 Å². The zero-order valence-electron chi connectivity index (χ0n) is 14.9. The van der Waals surface area contributed by atoms with E-state index in [1.54, 1.807) is 4.90 Å². The third-order valence-electron chi connectivity index (χ3n) is 3.90. The molecule has 1 aromatic heterocycles. The summed E-state index contributed by atoms with van der Waals surface area (Å²) in [5, 5.41) is 5.64. The van der Waals surface area contributed by atoms with Crippen LogP contribution in [-0.2, 0) is 0 Å². The molecule has 0 saturated carbocycles. The van der Waals surface area contributed by atoms with Gasteiger partial charge in [-0.3, -0.25) is 4.90 Å². The van der Waals surface area contributed by atoms with Crippen molar-refractivity contribution < 1.29 is 4.79 Å². The molecule has 0 aliphatic heterocycles. The Morgan fingerprint density at radius 1 is 1.15 bits per heavy atom. The van der Waals surface area contributed by atoms with E-state index in [2.05, 4.69) is 32.3 Å². The number of aromatic nitrogens is 1. The largest absolute Gasteiger partial charge is 0.328 e. The van der Waals surface area contributed by atoms with E-state index in [0.717, 1.165) is 32.5 Å². The Hall–Kier alpha value is -2.18. The van der Waals surface area contributed by atoms with Crippen LogP contribution in [0.25, 0.3) is 11.3 Å². The van der Waals surface area contributed by atoms with Crippen molar-refractivity contribution >= 4 is 44.1 Å². The number of aryl methyl sites for hydroxylation is 2. The Kier molecular flexibility index (Phi) is 5.74. The maximum Gasteiger partial charge on any atom is 0.328 e. The van der Waals surface area contributed by atoms with Crippen molar-refractivity contribution in [3.8, 4) is 11.3 Å². The maximum atomic E-state index is 12.7. The van der Waals surface area contributed by atoms with E-state index in [-0.39, 0.29) is 6.03 Å². The smallest absolute Gasteiger partial charge is 0.307 e. The first-order valence-electron chi connectivity index (χ1n) is 8.34. The summed E-state index contributed by atoms with van der Waals surface area (Å²) >= 11 is 4.91. The fraction of sp³-hybridized carbons (Fsp3) is 0.200. The van der Waals surface area contributed by atoms with Crippen LogP contribution in [0.1, 0.15) is 18.1 Å². The first-order chi connectivity index (χ1) is 12.5. The van der Waals surface area contributed by atoms with Gasteiger partial charge in [0.05, 0.1) is 5.69 Å². The topological polar surface area (TPSA) is 45.2 Å². The molecule has 3 aromatic rings. The van der Waals surface area contributed by atoms with E-state index in [1.165, 1.54) is 11.3 Å². The molecule has 134 valence electrons. The van der Waals surface area contributed by atoms with Gasteiger partial charge in [0.2, 0.25) is 0 Å². The van der Waals surface area contributed by atoms with Gasteiger partial charge in [-0.25, -0.2) is 9.78 Å². The standard InChI is InChI=1S/C20H20BrN3OS/c1-4-24(19(25)22-17-10-13(2)9-14(3)11-17)20-23-18(12-26-20)15-5-7-16(21)8-6-15/h5-12H,4H2,1-3H3,(H,22,25). The number of urea groups is 1. The third kappa shape index (κ3) is 4.31. The van der Waals surface area contributed by atoms with Gasteiger partial charge in [-0.15, -0.1) is 11.3 Å². The summed E-state index contributed by atoms with van der Waals surface area (Å²) in [5.74, 6) is 0. The number of thiazole rings is 1. The second kappa shape index (κ2) is 8.01. The predicted molar refractivity (Wildman–Crippen MR) is 113 cm³/mol. The first-order valence-corrected chi connectivity index (χ1v) is 10.0. The molecule has 0 aliphatic carbocycles. The van der Waals surface area contributed by atoms with Crippen LogP contribution >= 0.6 is 27.3 Å². The highest BCUT2D eigenvalue weighted by Crippen LogP contribution is 2.28. The van der Waals surface area contributed by atoms with Gasteiger partial charge >= 0.3 is 6.03 Å². The molecule has 0 bridgehead atoms. The van der Waals surface area contributed by atoms with Crippen molar-refractivity contribution in [2.75, 3.05) is 16.8 Å². The van der Waals surface area contributed by atoms with Crippen molar-refractivity contribution in [1.82, 2.24) is 4.98 Å². The summed E-state index contributed by atoms with van der Waals surface area (Å²) in [6, 6.07) is 13.8. The van der Waals surface area contributed by atoms with Crippen LogP contribution < -0.4 is 10.2 Å². The van der Waals surface area contributed by atoms with Gasteiger partial charge in [0.1, 0.15) is 0 Å². The number of carbonyl (C=O) groups excluding carboxylic acids is 1. The number of hydrogen-bond acceptors (Lipinski definition) is 3. The molecular weight excluding hydrogens is 410 g/mol. The molecule has 26 heavy (non-hydrogen) atoms.